The van der Waals surface area contributed by atoms with Crippen molar-refractivity contribution in [1.82, 2.24) is 0 Å². The van der Waals surface area contributed by atoms with Gasteiger partial charge < -0.3 is 23.1 Å². The van der Waals surface area contributed by atoms with E-state index >= 15 is 0 Å². The van der Waals surface area contributed by atoms with Gasteiger partial charge in [-0.1, -0.05) is 109 Å². The summed E-state index contributed by atoms with van der Waals surface area (Å²) in [7, 11) is 0. The van der Waals surface area contributed by atoms with E-state index < -0.39 is 0 Å². The summed E-state index contributed by atoms with van der Waals surface area (Å²) >= 11 is 0. The highest BCUT2D eigenvalue weighted by Gasteiger charge is 2.26. The molecule has 0 saturated carbocycles. The van der Waals surface area contributed by atoms with Crippen molar-refractivity contribution in [2.45, 2.75) is 0 Å². The van der Waals surface area contributed by atoms with Gasteiger partial charge in [0, 0.05) is 49.9 Å². The first-order valence-corrected chi connectivity index (χ1v) is 18.4. The summed E-state index contributed by atoms with van der Waals surface area (Å²) in [5.41, 5.74) is 11.1. The van der Waals surface area contributed by atoms with Crippen LogP contribution in [-0.2, 0) is 0 Å². The summed E-state index contributed by atoms with van der Waals surface area (Å²) in [6.45, 7) is 0. The van der Waals surface area contributed by atoms with Crippen LogP contribution in [0.1, 0.15) is 0 Å². The van der Waals surface area contributed by atoms with Gasteiger partial charge in [0.1, 0.15) is 28.1 Å². The van der Waals surface area contributed by atoms with Crippen molar-refractivity contribution in [1.29, 1.82) is 0 Å². The van der Waals surface area contributed by atoms with Crippen LogP contribution >= 0.6 is 0 Å². The lowest BCUT2D eigenvalue weighted by Gasteiger charge is -2.30. The van der Waals surface area contributed by atoms with Crippen molar-refractivity contribution >= 4 is 89.0 Å². The molecule has 0 N–H and O–H groups in total. The third-order valence-corrected chi connectivity index (χ3v) is 10.4. The predicted octanol–water partition coefficient (Wildman–Crippen LogP) is 14.8. The Kier molecular flexibility index (Phi) is 7.10. The molecular weight excluding hydrogens is 677 g/mol. The van der Waals surface area contributed by atoms with Gasteiger partial charge in [-0.15, -0.1) is 0 Å². The summed E-state index contributed by atoms with van der Waals surface area (Å²) < 4.78 is 19.6. The molecule has 0 atom stereocenters. The topological polar surface area (TPSA) is 45.9 Å². The molecule has 5 heteroatoms. The second-order valence-electron chi connectivity index (χ2n) is 13.7. The molecule has 55 heavy (non-hydrogen) atoms. The van der Waals surface area contributed by atoms with Gasteiger partial charge in [0.05, 0.1) is 16.8 Å². The summed E-state index contributed by atoms with van der Waals surface area (Å²) in [5.74, 6) is 0.798. The zero-order chi connectivity index (χ0) is 36.3. The van der Waals surface area contributed by atoms with Gasteiger partial charge in [0.2, 0.25) is 0 Å². The molecule has 5 nitrogen and oxygen atoms in total. The second-order valence-corrected chi connectivity index (χ2v) is 13.7. The van der Waals surface area contributed by atoms with Crippen molar-refractivity contribution in [3.8, 4) is 11.3 Å². The fourth-order valence-electron chi connectivity index (χ4n) is 7.96. The number of para-hydroxylation sites is 4. The Labute approximate surface area is 316 Å². The van der Waals surface area contributed by atoms with E-state index in [9.17, 15) is 0 Å². The van der Waals surface area contributed by atoms with E-state index in [4.69, 9.17) is 13.3 Å². The number of hydrogen-bond acceptors (Lipinski definition) is 5. The van der Waals surface area contributed by atoms with Crippen LogP contribution in [0.15, 0.2) is 207 Å². The van der Waals surface area contributed by atoms with Crippen LogP contribution in [0.5, 0.6) is 0 Å². The Balaban J connectivity index is 1.22. The van der Waals surface area contributed by atoms with Crippen molar-refractivity contribution in [2.75, 3.05) is 9.80 Å². The Bertz CT molecular complexity index is 3160. The van der Waals surface area contributed by atoms with Gasteiger partial charge in [-0.05, 0) is 84.9 Å². The second kappa shape index (κ2) is 12.6. The summed E-state index contributed by atoms with van der Waals surface area (Å²) in [6.07, 6.45) is 0. The quantitative estimate of drug-likeness (QED) is 0.165. The van der Waals surface area contributed by atoms with E-state index in [0.717, 1.165) is 100 Å². The molecule has 0 fully saturated rings. The number of rotatable bonds is 7. The number of nitrogens with zero attached hydrogens (tertiary/aromatic N) is 2. The molecule has 3 aromatic heterocycles. The minimum Gasteiger partial charge on any atom is -0.456 e. The highest BCUT2D eigenvalue weighted by Crippen LogP contribution is 2.49. The molecule has 11 rings (SSSR count). The first-order chi connectivity index (χ1) is 27.3. The third-order valence-electron chi connectivity index (χ3n) is 10.4. The standard InChI is InChI=1S/C50H32N2O3/c1-4-15-33(16-5-1)48-30-34-29-38(51(35-17-6-2-7-18-35)37-27-28-46-41(31-37)39-21-10-12-24-44(39)53-46)32-43(50(34)55-48)52(36-19-8-3-9-20-36)42-23-14-26-47-49(42)40-22-11-13-25-45(40)54-47/h1-32H. The Morgan fingerprint density at radius 1 is 0.327 bits per heavy atom. The van der Waals surface area contributed by atoms with Gasteiger partial charge in [0.25, 0.3) is 0 Å². The van der Waals surface area contributed by atoms with E-state index in [2.05, 4.69) is 155 Å². The van der Waals surface area contributed by atoms with Gasteiger partial charge in [0.15, 0.2) is 5.58 Å². The van der Waals surface area contributed by atoms with E-state index in [-0.39, 0.29) is 0 Å². The summed E-state index contributed by atoms with van der Waals surface area (Å²) in [4.78, 5) is 4.63. The van der Waals surface area contributed by atoms with E-state index in [1.165, 1.54) is 0 Å². The average molecular weight is 709 g/mol. The molecule has 3 heterocycles. The molecule has 11 aromatic rings. The van der Waals surface area contributed by atoms with Crippen LogP contribution in [0, 0.1) is 0 Å². The molecule has 0 aliphatic carbocycles. The number of anilines is 6. The molecule has 0 spiro atoms. The van der Waals surface area contributed by atoms with Crippen LogP contribution in [0.2, 0.25) is 0 Å². The molecule has 0 radical (unpaired) electrons. The molecular formula is C50H32N2O3. The normalized spacial score (nSPS) is 11.6. The summed E-state index contributed by atoms with van der Waals surface area (Å²) in [6, 6.07) is 67.1. The average Bonchev–Trinajstić information content (AvgIpc) is 3.96. The van der Waals surface area contributed by atoms with Crippen LogP contribution in [-0.4, -0.2) is 0 Å². The smallest absolute Gasteiger partial charge is 0.158 e. The molecule has 0 aliphatic heterocycles. The monoisotopic (exact) mass is 708 g/mol. The third kappa shape index (κ3) is 5.17. The van der Waals surface area contributed by atoms with Crippen molar-refractivity contribution in [3.63, 3.8) is 0 Å². The van der Waals surface area contributed by atoms with Gasteiger partial charge in [-0.25, -0.2) is 0 Å². The molecule has 0 bridgehead atoms. The van der Waals surface area contributed by atoms with Gasteiger partial charge in [-0.2, -0.15) is 0 Å². The van der Waals surface area contributed by atoms with Crippen LogP contribution < -0.4 is 9.80 Å². The van der Waals surface area contributed by atoms with Crippen molar-refractivity contribution in [2.24, 2.45) is 0 Å². The first kappa shape index (κ1) is 31.1. The Morgan fingerprint density at radius 3 is 1.69 bits per heavy atom. The van der Waals surface area contributed by atoms with Crippen molar-refractivity contribution < 1.29 is 13.3 Å². The van der Waals surface area contributed by atoms with E-state index in [1.54, 1.807) is 0 Å². The maximum Gasteiger partial charge on any atom is 0.158 e. The van der Waals surface area contributed by atoms with Crippen LogP contribution in [0.4, 0.5) is 34.1 Å². The summed E-state index contributed by atoms with van der Waals surface area (Å²) in [5, 5.41) is 5.22. The fourth-order valence-corrected chi connectivity index (χ4v) is 7.96. The molecule has 0 saturated heterocycles. The van der Waals surface area contributed by atoms with Crippen LogP contribution in [0.25, 0.3) is 66.2 Å². The maximum atomic E-state index is 6.94. The number of hydrogen-bond donors (Lipinski definition) is 0. The number of fused-ring (bicyclic) bond motifs is 7. The number of furan rings is 3. The van der Waals surface area contributed by atoms with Crippen LogP contribution in [0.3, 0.4) is 0 Å². The molecule has 0 amide bonds. The zero-order valence-corrected chi connectivity index (χ0v) is 29.6. The predicted molar refractivity (Wildman–Crippen MR) is 226 cm³/mol. The number of benzene rings is 8. The minimum absolute atomic E-state index is 0.778. The minimum atomic E-state index is 0.778. The maximum absolute atomic E-state index is 6.94. The molecule has 0 unspecified atom stereocenters. The first-order valence-electron chi connectivity index (χ1n) is 18.4. The molecule has 260 valence electrons. The highest BCUT2D eigenvalue weighted by molar-refractivity contribution is 6.15. The lowest BCUT2D eigenvalue weighted by Crippen LogP contribution is -2.13. The Hall–Kier alpha value is -7.50. The highest BCUT2D eigenvalue weighted by atomic mass is 16.3. The lowest BCUT2D eigenvalue weighted by molar-refractivity contribution is 0.632. The fraction of sp³-hybridized carbons (Fsp3) is 0. The van der Waals surface area contributed by atoms with Gasteiger partial charge >= 0.3 is 0 Å². The lowest BCUT2D eigenvalue weighted by atomic mass is 10.1. The largest absolute Gasteiger partial charge is 0.456 e. The molecule has 8 aromatic carbocycles. The van der Waals surface area contributed by atoms with Crippen molar-refractivity contribution in [3.05, 3.63) is 194 Å². The van der Waals surface area contributed by atoms with E-state index in [0.29, 0.717) is 0 Å². The van der Waals surface area contributed by atoms with Gasteiger partial charge in [-0.3, -0.25) is 0 Å². The Morgan fingerprint density at radius 2 is 0.927 bits per heavy atom. The van der Waals surface area contributed by atoms with E-state index in [1.807, 2.05) is 48.5 Å². The SMILES string of the molecule is c1ccc(-c2cc3cc(N(c4ccccc4)c4ccc5oc6ccccc6c5c4)cc(N(c4ccccc4)c4cccc5oc6ccccc6c45)c3o2)cc1. The molecule has 0 aliphatic rings. The zero-order valence-electron chi connectivity index (χ0n) is 29.6.